The van der Waals surface area contributed by atoms with Crippen molar-refractivity contribution in [3.63, 3.8) is 0 Å². The fourth-order valence-electron chi connectivity index (χ4n) is 4.52. The van der Waals surface area contributed by atoms with Crippen LogP contribution in [0.3, 0.4) is 0 Å². The topological polar surface area (TPSA) is 104 Å². The molecule has 6 nitrogen and oxygen atoms in total. The van der Waals surface area contributed by atoms with Crippen molar-refractivity contribution in [2.75, 3.05) is 6.61 Å². The van der Waals surface area contributed by atoms with Gasteiger partial charge in [0.05, 0.1) is 17.7 Å². The van der Waals surface area contributed by atoms with Crippen LogP contribution in [0, 0.1) is 5.92 Å². The minimum Gasteiger partial charge on any atom is -0.507 e. The minimum absolute atomic E-state index is 0.00968. The molecule has 5 aromatic carbocycles. The van der Waals surface area contributed by atoms with E-state index < -0.39 is 11.9 Å². The molecule has 0 heterocycles. The molecule has 0 spiro atoms. The molecule has 0 aromatic heterocycles. The summed E-state index contributed by atoms with van der Waals surface area (Å²) in [4.78, 5) is 24.6. The van der Waals surface area contributed by atoms with Gasteiger partial charge in [-0.05, 0) is 51.7 Å². The van der Waals surface area contributed by atoms with Gasteiger partial charge in [0, 0.05) is 21.5 Å². The Balaban J connectivity index is 1.95. The van der Waals surface area contributed by atoms with E-state index in [4.69, 9.17) is 4.74 Å². The Morgan fingerprint density at radius 3 is 1.62 bits per heavy atom. The Bertz CT molecular complexity index is 1540. The Labute approximate surface area is 182 Å². The van der Waals surface area contributed by atoms with Gasteiger partial charge in [-0.15, -0.1) is 0 Å². The number of aromatic hydroxyl groups is 2. The van der Waals surface area contributed by atoms with E-state index in [1.807, 2.05) is 13.8 Å². The molecule has 0 saturated heterocycles. The lowest BCUT2D eigenvalue weighted by atomic mass is 9.86. The number of hydrogen-bond donors (Lipinski definition) is 3. The number of hydrogen-bond acceptors (Lipinski definition) is 5. The summed E-state index contributed by atoms with van der Waals surface area (Å²) in [5, 5.41) is 35.8. The van der Waals surface area contributed by atoms with Crippen molar-refractivity contribution in [1.29, 1.82) is 0 Å². The molecule has 6 heteroatoms. The fourth-order valence-corrected chi connectivity index (χ4v) is 4.52. The molecule has 0 bridgehead atoms. The van der Waals surface area contributed by atoms with E-state index in [2.05, 4.69) is 0 Å². The first-order valence-electron chi connectivity index (χ1n) is 10.3. The third kappa shape index (κ3) is 2.73. The first-order valence-corrected chi connectivity index (χ1v) is 10.3. The third-order valence-electron chi connectivity index (χ3n) is 5.86. The molecule has 5 rings (SSSR count). The second kappa shape index (κ2) is 6.99. The lowest BCUT2D eigenvalue weighted by Gasteiger charge is -2.18. The van der Waals surface area contributed by atoms with Gasteiger partial charge < -0.3 is 20.1 Å². The summed E-state index contributed by atoms with van der Waals surface area (Å²) in [6.07, 6.45) is 0. The molecule has 0 fully saturated rings. The van der Waals surface area contributed by atoms with Crippen LogP contribution in [0.1, 0.15) is 34.6 Å². The van der Waals surface area contributed by atoms with Gasteiger partial charge in [0.2, 0.25) is 0 Å². The zero-order chi connectivity index (χ0) is 22.7. The van der Waals surface area contributed by atoms with Gasteiger partial charge >= 0.3 is 11.9 Å². The van der Waals surface area contributed by atoms with Crippen LogP contribution in [0.5, 0.6) is 11.5 Å². The number of carboxylic acids is 1. The molecule has 160 valence electrons. The lowest BCUT2D eigenvalue weighted by molar-refractivity contribution is 0.0460. The van der Waals surface area contributed by atoms with Crippen molar-refractivity contribution in [3.8, 4) is 11.5 Å². The van der Waals surface area contributed by atoms with Crippen molar-refractivity contribution in [1.82, 2.24) is 0 Å². The molecule has 0 unspecified atom stereocenters. The molecule has 0 aliphatic carbocycles. The van der Waals surface area contributed by atoms with Crippen molar-refractivity contribution >= 4 is 55.0 Å². The summed E-state index contributed by atoms with van der Waals surface area (Å²) in [5.41, 5.74) is 0.278. The van der Waals surface area contributed by atoms with Crippen LogP contribution in [0.15, 0.2) is 48.5 Å². The number of fused-ring (bicyclic) bond motifs is 2. The molecule has 3 N–H and O–H groups in total. The first-order chi connectivity index (χ1) is 15.3. The monoisotopic (exact) mass is 428 g/mol. The van der Waals surface area contributed by atoms with E-state index in [-0.39, 0.29) is 40.5 Å². The second-order valence-corrected chi connectivity index (χ2v) is 8.38. The normalized spacial score (nSPS) is 11.8. The van der Waals surface area contributed by atoms with Gasteiger partial charge in [0.25, 0.3) is 0 Å². The highest BCUT2D eigenvalue weighted by molar-refractivity contribution is 6.36. The number of esters is 1. The number of phenolic OH excluding ortho intramolecular Hbond substituents is 2. The number of benzene rings is 5. The molecular formula is C26H20O6. The van der Waals surface area contributed by atoms with Crippen molar-refractivity contribution in [2.45, 2.75) is 13.8 Å². The molecular weight excluding hydrogens is 408 g/mol. The maximum absolute atomic E-state index is 12.8. The highest BCUT2D eigenvalue weighted by atomic mass is 16.5. The zero-order valence-corrected chi connectivity index (χ0v) is 17.5. The van der Waals surface area contributed by atoms with Crippen LogP contribution in [0.2, 0.25) is 0 Å². The van der Waals surface area contributed by atoms with Gasteiger partial charge in [0.15, 0.2) is 0 Å². The van der Waals surface area contributed by atoms with E-state index in [1.54, 1.807) is 30.3 Å². The summed E-state index contributed by atoms with van der Waals surface area (Å²) >= 11 is 0. The average Bonchev–Trinajstić information content (AvgIpc) is 2.77. The van der Waals surface area contributed by atoms with Crippen LogP contribution in [0.25, 0.3) is 43.1 Å². The van der Waals surface area contributed by atoms with Gasteiger partial charge in [0.1, 0.15) is 11.5 Å². The van der Waals surface area contributed by atoms with Crippen LogP contribution >= 0.6 is 0 Å². The second-order valence-electron chi connectivity index (χ2n) is 8.38. The molecule has 5 aromatic rings. The van der Waals surface area contributed by atoms with E-state index in [0.717, 1.165) is 21.5 Å². The standard InChI is InChI=1S/C26H20O6/c1-12(2)11-32-26(31)18-6-4-14-15-7-9-19(27)23-17(25(29)30)5-3-13(21(15)23)16-8-10-20(28)24(18)22(14)16/h3-10,12,27-28H,11H2,1-2H3,(H,29,30). The summed E-state index contributed by atoms with van der Waals surface area (Å²) in [6.45, 7) is 4.16. The largest absolute Gasteiger partial charge is 0.507 e. The van der Waals surface area contributed by atoms with Crippen molar-refractivity contribution in [2.24, 2.45) is 5.92 Å². The molecule has 0 saturated carbocycles. The molecule has 0 radical (unpaired) electrons. The Morgan fingerprint density at radius 2 is 1.16 bits per heavy atom. The zero-order valence-electron chi connectivity index (χ0n) is 17.5. The van der Waals surface area contributed by atoms with Crippen LogP contribution < -0.4 is 0 Å². The van der Waals surface area contributed by atoms with Gasteiger partial charge in [-0.2, -0.15) is 0 Å². The van der Waals surface area contributed by atoms with E-state index in [1.165, 1.54) is 18.2 Å². The molecule has 0 atom stereocenters. The SMILES string of the molecule is CC(C)COC(=O)c1ccc2c3ccc(O)c4c(C(=O)O)ccc(c5ccc(O)c1c52)c43. The maximum Gasteiger partial charge on any atom is 0.338 e. The number of aromatic carboxylic acids is 1. The highest BCUT2D eigenvalue weighted by Gasteiger charge is 2.23. The summed E-state index contributed by atoms with van der Waals surface area (Å²) in [5.74, 6) is -1.62. The first kappa shape index (κ1) is 19.9. The quantitative estimate of drug-likeness (QED) is 0.194. The predicted octanol–water partition coefficient (Wildman–Crippen LogP) is 5.66. The number of ether oxygens (including phenoxy) is 1. The molecule has 0 aliphatic heterocycles. The molecule has 32 heavy (non-hydrogen) atoms. The number of rotatable bonds is 4. The smallest absolute Gasteiger partial charge is 0.338 e. The Kier molecular flexibility index (Phi) is 4.34. The summed E-state index contributed by atoms with van der Waals surface area (Å²) in [6, 6.07) is 13.0. The van der Waals surface area contributed by atoms with Crippen LogP contribution in [0.4, 0.5) is 0 Å². The number of phenols is 2. The fraction of sp³-hybridized carbons (Fsp3) is 0.154. The molecule has 0 aliphatic rings. The third-order valence-corrected chi connectivity index (χ3v) is 5.86. The van der Waals surface area contributed by atoms with Crippen LogP contribution in [-0.4, -0.2) is 33.9 Å². The van der Waals surface area contributed by atoms with Gasteiger partial charge in [-0.3, -0.25) is 0 Å². The Hall–Kier alpha value is -4.06. The van der Waals surface area contributed by atoms with E-state index in [9.17, 15) is 24.9 Å². The van der Waals surface area contributed by atoms with E-state index >= 15 is 0 Å². The number of carboxylic acid groups (broad SMARTS) is 1. The van der Waals surface area contributed by atoms with Crippen LogP contribution in [-0.2, 0) is 4.74 Å². The Morgan fingerprint density at radius 1 is 0.719 bits per heavy atom. The highest BCUT2D eigenvalue weighted by Crippen LogP contribution is 2.46. The number of carbonyl (C=O) groups is 2. The molecule has 0 amide bonds. The van der Waals surface area contributed by atoms with Crippen molar-refractivity contribution < 1.29 is 29.6 Å². The minimum atomic E-state index is -1.13. The van der Waals surface area contributed by atoms with Crippen molar-refractivity contribution in [3.05, 3.63) is 59.7 Å². The lowest BCUT2D eigenvalue weighted by Crippen LogP contribution is -2.10. The van der Waals surface area contributed by atoms with Gasteiger partial charge in [-0.1, -0.05) is 38.1 Å². The summed E-state index contributed by atoms with van der Waals surface area (Å²) < 4.78 is 5.42. The maximum atomic E-state index is 12.8. The van der Waals surface area contributed by atoms with E-state index in [0.29, 0.717) is 16.2 Å². The predicted molar refractivity (Wildman–Crippen MR) is 123 cm³/mol. The summed E-state index contributed by atoms with van der Waals surface area (Å²) in [7, 11) is 0. The number of carbonyl (C=O) groups excluding carboxylic acids is 1. The average molecular weight is 428 g/mol. The van der Waals surface area contributed by atoms with Gasteiger partial charge in [-0.25, -0.2) is 9.59 Å².